The molecule has 0 unspecified atom stereocenters. The Bertz CT molecular complexity index is 118. The molecule has 0 aromatic rings. The van der Waals surface area contributed by atoms with E-state index < -0.39 is 0 Å². The van der Waals surface area contributed by atoms with E-state index in [1.54, 1.807) is 0 Å². The summed E-state index contributed by atoms with van der Waals surface area (Å²) in [5.74, 6) is 0. The number of hydrogen-bond donors (Lipinski definition) is 3. The van der Waals surface area contributed by atoms with Crippen LogP contribution in [0, 0.1) is 0 Å². The molecular formula is C6H13N3O. The second kappa shape index (κ2) is 2.47. The van der Waals surface area contributed by atoms with Crippen LogP contribution in [-0.2, 0) is 0 Å². The topological polar surface area (TPSA) is 67.3 Å². The quantitative estimate of drug-likeness (QED) is 0.405. The Morgan fingerprint density at radius 3 is 2.30 bits per heavy atom. The normalized spacial score (nSPS) is 30.9. The molecule has 0 bridgehead atoms. The van der Waals surface area contributed by atoms with Crippen LogP contribution in [-0.4, -0.2) is 35.5 Å². The van der Waals surface area contributed by atoms with Gasteiger partial charge >= 0.3 is 0 Å². The van der Waals surface area contributed by atoms with Crippen molar-refractivity contribution in [3.05, 3.63) is 0 Å². The lowest BCUT2D eigenvalue weighted by Crippen LogP contribution is -2.39. The molecule has 0 aromatic heterocycles. The molecule has 0 saturated carbocycles. The second-order valence-corrected chi connectivity index (χ2v) is 2.96. The first kappa shape index (κ1) is 6.54. The number of hydrogen-bond acceptors (Lipinski definition) is 4. The number of piperidine rings is 1. The van der Waals surface area contributed by atoms with Gasteiger partial charge in [0.1, 0.15) is 6.29 Å². The number of nitrogens with one attached hydrogen (secondary N) is 2. The minimum Gasteiger partial charge on any atom is -0.393 e. The Morgan fingerprint density at radius 1 is 1.20 bits per heavy atom. The van der Waals surface area contributed by atoms with Crippen LogP contribution >= 0.6 is 0 Å². The van der Waals surface area contributed by atoms with Crippen molar-refractivity contribution in [1.29, 1.82) is 0 Å². The average molecular weight is 143 g/mol. The van der Waals surface area contributed by atoms with Crippen LogP contribution in [0.5, 0.6) is 0 Å². The zero-order valence-electron chi connectivity index (χ0n) is 5.88. The fourth-order valence-corrected chi connectivity index (χ4v) is 1.36. The first-order valence-electron chi connectivity index (χ1n) is 3.79. The number of aliphatic hydroxyl groups excluding tert-OH is 1. The van der Waals surface area contributed by atoms with Gasteiger partial charge in [-0.25, -0.2) is 10.9 Å². The fourth-order valence-electron chi connectivity index (χ4n) is 1.36. The SMILES string of the molecule is OC1CCN(C2NN2)CC1. The van der Waals surface area contributed by atoms with E-state index in [2.05, 4.69) is 15.8 Å². The summed E-state index contributed by atoms with van der Waals surface area (Å²) in [6, 6.07) is 0. The number of rotatable bonds is 1. The molecular weight excluding hydrogens is 130 g/mol. The van der Waals surface area contributed by atoms with Gasteiger partial charge in [0, 0.05) is 13.1 Å². The molecule has 4 nitrogen and oxygen atoms in total. The van der Waals surface area contributed by atoms with Crippen LogP contribution in [0.15, 0.2) is 0 Å². The monoisotopic (exact) mass is 143 g/mol. The van der Waals surface area contributed by atoms with E-state index >= 15 is 0 Å². The van der Waals surface area contributed by atoms with Crippen molar-refractivity contribution in [2.75, 3.05) is 13.1 Å². The van der Waals surface area contributed by atoms with E-state index in [1.807, 2.05) is 0 Å². The molecule has 4 heteroatoms. The van der Waals surface area contributed by atoms with Gasteiger partial charge in [0.05, 0.1) is 6.10 Å². The smallest absolute Gasteiger partial charge is 0.139 e. The number of aliphatic hydroxyl groups is 1. The molecule has 2 heterocycles. The van der Waals surface area contributed by atoms with E-state index in [0.29, 0.717) is 6.29 Å². The van der Waals surface area contributed by atoms with Gasteiger partial charge in [-0.05, 0) is 12.8 Å². The summed E-state index contributed by atoms with van der Waals surface area (Å²) < 4.78 is 0. The third kappa shape index (κ3) is 1.29. The molecule has 0 aromatic carbocycles. The lowest BCUT2D eigenvalue weighted by molar-refractivity contribution is 0.0767. The molecule has 3 N–H and O–H groups in total. The van der Waals surface area contributed by atoms with Crippen molar-refractivity contribution in [3.8, 4) is 0 Å². The van der Waals surface area contributed by atoms with E-state index in [1.165, 1.54) is 0 Å². The second-order valence-electron chi connectivity index (χ2n) is 2.96. The highest BCUT2D eigenvalue weighted by Crippen LogP contribution is 2.12. The first-order valence-corrected chi connectivity index (χ1v) is 3.79. The van der Waals surface area contributed by atoms with Crippen molar-refractivity contribution in [2.24, 2.45) is 0 Å². The predicted molar refractivity (Wildman–Crippen MR) is 36.9 cm³/mol. The summed E-state index contributed by atoms with van der Waals surface area (Å²) in [7, 11) is 0. The van der Waals surface area contributed by atoms with Gasteiger partial charge in [-0.1, -0.05) is 0 Å². The molecule has 58 valence electrons. The highest BCUT2D eigenvalue weighted by molar-refractivity contribution is 4.79. The van der Waals surface area contributed by atoms with E-state index in [0.717, 1.165) is 25.9 Å². The summed E-state index contributed by atoms with van der Waals surface area (Å²) in [4.78, 5) is 2.30. The van der Waals surface area contributed by atoms with Crippen LogP contribution in [0.1, 0.15) is 12.8 Å². The Morgan fingerprint density at radius 2 is 1.80 bits per heavy atom. The molecule has 2 aliphatic rings. The van der Waals surface area contributed by atoms with Gasteiger partial charge in [-0.15, -0.1) is 0 Å². The predicted octanol–water partition coefficient (Wildman–Crippen LogP) is -1.17. The summed E-state index contributed by atoms with van der Waals surface area (Å²) in [5.41, 5.74) is 6.03. The minimum absolute atomic E-state index is 0.0602. The largest absolute Gasteiger partial charge is 0.393 e. The van der Waals surface area contributed by atoms with Gasteiger partial charge in [-0.3, -0.25) is 4.90 Å². The third-order valence-electron chi connectivity index (χ3n) is 2.14. The molecule has 2 rings (SSSR count). The molecule has 0 aliphatic carbocycles. The minimum atomic E-state index is -0.0602. The van der Waals surface area contributed by atoms with Gasteiger partial charge in [-0.2, -0.15) is 0 Å². The van der Waals surface area contributed by atoms with Crippen molar-refractivity contribution in [1.82, 2.24) is 15.8 Å². The Kier molecular flexibility index (Phi) is 1.61. The Balaban J connectivity index is 1.79. The van der Waals surface area contributed by atoms with Gasteiger partial charge < -0.3 is 5.11 Å². The van der Waals surface area contributed by atoms with Gasteiger partial charge in [0.25, 0.3) is 0 Å². The molecule has 0 radical (unpaired) electrons. The first-order chi connectivity index (χ1) is 4.86. The summed E-state index contributed by atoms with van der Waals surface area (Å²) >= 11 is 0. The zero-order chi connectivity index (χ0) is 6.97. The summed E-state index contributed by atoms with van der Waals surface area (Å²) in [6.45, 7) is 2.01. The molecule has 0 spiro atoms. The fraction of sp³-hybridized carbons (Fsp3) is 1.00. The molecule has 0 amide bonds. The van der Waals surface area contributed by atoms with E-state index in [-0.39, 0.29) is 6.10 Å². The van der Waals surface area contributed by atoms with Crippen LogP contribution < -0.4 is 10.9 Å². The van der Waals surface area contributed by atoms with Crippen LogP contribution in [0.25, 0.3) is 0 Å². The van der Waals surface area contributed by atoms with Crippen molar-refractivity contribution in [3.63, 3.8) is 0 Å². The number of likely N-dealkylation sites (tertiary alicyclic amines) is 1. The third-order valence-corrected chi connectivity index (χ3v) is 2.14. The lowest BCUT2D eigenvalue weighted by Gasteiger charge is -2.27. The van der Waals surface area contributed by atoms with Crippen LogP contribution in [0.2, 0.25) is 0 Å². The Labute approximate surface area is 60.2 Å². The number of hydrazine groups is 1. The standard InChI is InChI=1S/C6H13N3O/c10-5-1-3-9(4-2-5)6-7-8-6/h5-8,10H,1-4H2. The van der Waals surface area contributed by atoms with Crippen molar-refractivity contribution >= 4 is 0 Å². The highest BCUT2D eigenvalue weighted by Gasteiger charge is 2.30. The van der Waals surface area contributed by atoms with Gasteiger partial charge in [0.2, 0.25) is 0 Å². The molecule has 10 heavy (non-hydrogen) atoms. The van der Waals surface area contributed by atoms with Crippen molar-refractivity contribution < 1.29 is 5.11 Å². The Hall–Kier alpha value is -0.160. The van der Waals surface area contributed by atoms with E-state index in [9.17, 15) is 0 Å². The maximum absolute atomic E-state index is 9.16. The molecule has 2 fully saturated rings. The maximum atomic E-state index is 9.16. The highest BCUT2D eigenvalue weighted by atomic mass is 16.3. The summed E-state index contributed by atoms with van der Waals surface area (Å²) in [6.07, 6.45) is 2.17. The van der Waals surface area contributed by atoms with Gasteiger partial charge in [0.15, 0.2) is 0 Å². The summed E-state index contributed by atoms with van der Waals surface area (Å²) in [5, 5.41) is 9.16. The average Bonchev–Trinajstić information content (AvgIpc) is 2.71. The van der Waals surface area contributed by atoms with E-state index in [4.69, 9.17) is 5.11 Å². The van der Waals surface area contributed by atoms with Crippen LogP contribution in [0.3, 0.4) is 0 Å². The number of nitrogens with zero attached hydrogens (tertiary/aromatic N) is 1. The molecule has 2 saturated heterocycles. The van der Waals surface area contributed by atoms with Crippen LogP contribution in [0.4, 0.5) is 0 Å². The molecule has 2 aliphatic heterocycles. The zero-order valence-corrected chi connectivity index (χ0v) is 5.88. The lowest BCUT2D eigenvalue weighted by atomic mass is 10.1. The maximum Gasteiger partial charge on any atom is 0.139 e. The van der Waals surface area contributed by atoms with Crippen molar-refractivity contribution in [2.45, 2.75) is 25.2 Å². The molecule has 0 atom stereocenters.